The number of carbonyl (C=O) groups excluding carboxylic acids is 2. The molecule has 0 fully saturated rings. The molecule has 9 nitrogen and oxygen atoms in total. The third-order valence-electron chi connectivity index (χ3n) is 8.04. The van der Waals surface area contributed by atoms with Gasteiger partial charge in [-0.15, -0.1) is 0 Å². The van der Waals surface area contributed by atoms with Gasteiger partial charge in [0.15, 0.2) is 0 Å². The number of carboxylic acid groups (broad SMARTS) is 2. The van der Waals surface area contributed by atoms with Crippen molar-refractivity contribution in [1.82, 2.24) is 4.48 Å². The molecule has 0 unspecified atom stereocenters. The van der Waals surface area contributed by atoms with Crippen LogP contribution in [0.3, 0.4) is 0 Å². The van der Waals surface area contributed by atoms with E-state index < -0.39 is 32.1 Å². The summed E-state index contributed by atoms with van der Waals surface area (Å²) in [6, 6.07) is 32.4. The molecule has 2 aliphatic rings. The van der Waals surface area contributed by atoms with E-state index in [4.69, 9.17) is 14.5 Å². The Balaban J connectivity index is 0.00000243. The van der Waals surface area contributed by atoms with E-state index in [0.29, 0.717) is 33.4 Å². The number of benzene rings is 4. The first kappa shape index (κ1) is 38.2. The average molecular weight is 722 g/mol. The number of rotatable bonds is 10. The molecule has 0 bridgehead atoms. The molecule has 2 aliphatic heterocycles. The molecule has 0 aliphatic carbocycles. The second kappa shape index (κ2) is 16.1. The number of fused-ring (bicyclic) bond motifs is 2. The fourth-order valence-corrected chi connectivity index (χ4v) is 5.94. The van der Waals surface area contributed by atoms with Crippen LogP contribution >= 0.6 is 0 Å². The number of hydrogen-bond acceptors (Lipinski definition) is 7. The van der Waals surface area contributed by atoms with Gasteiger partial charge in [0, 0.05) is 16.8 Å². The maximum atomic E-state index is 17.5. The van der Waals surface area contributed by atoms with Crippen LogP contribution in [0.5, 0.6) is 11.5 Å². The number of aliphatic carboxylic acids is 2. The molecule has 0 saturated carbocycles. The van der Waals surface area contributed by atoms with Crippen LogP contribution in [0.15, 0.2) is 126 Å². The number of carboxylic acids is 2. The number of aliphatic imine (C=N–C) groups is 1. The van der Waals surface area contributed by atoms with E-state index in [0.717, 1.165) is 8.96 Å². The molecule has 238 valence electrons. The van der Waals surface area contributed by atoms with Crippen LogP contribution in [0.25, 0.3) is 28.0 Å². The molecule has 50 heavy (non-hydrogen) atoms. The number of halogens is 2. The molecular weight excluding hydrogens is 697 g/mol. The minimum Gasteiger partial charge on any atom is -0.546 e. The number of hydrogen-bond donors (Lipinski definition) is 0. The molecular formula is C36H24BF2K2N3O6. The molecule has 5 aromatic rings. The zero-order valence-electron chi connectivity index (χ0n) is 27.1. The first-order valence-electron chi connectivity index (χ1n) is 14.9. The Hall–Kier alpha value is -3.02. The standard InChI is InChI=1S/C36H26BF2N3O6.2K/c38-37(39)41-31(25-11-15-27(16-12-25)47-21-33(43)44)19-29(23-7-3-1-4-8-23)35(41)40-36-30(24-9-5-2-6-10-24)20-32(42(36)37)26-13-17-28(18-14-26)48-22-34(45)46;;/h1-20H,21-22H2,(H,43,44)(H,45,46);;/q;2*+1/p-2. The normalized spacial score (nSPS) is 13.9. The van der Waals surface area contributed by atoms with Gasteiger partial charge in [-0.25, -0.2) is 0 Å². The van der Waals surface area contributed by atoms with Crippen molar-refractivity contribution in [1.29, 1.82) is 0 Å². The fraction of sp³-hybridized carbons (Fsp3) is 0.0556. The number of allylic oxidation sites excluding steroid dienone is 1. The third kappa shape index (κ3) is 7.60. The van der Waals surface area contributed by atoms with E-state index in [1.165, 1.54) is 24.3 Å². The average Bonchev–Trinajstić information content (AvgIpc) is 3.69. The second-order valence-electron chi connectivity index (χ2n) is 11.1. The Bertz CT molecular complexity index is 2160. The van der Waals surface area contributed by atoms with E-state index in [1.807, 2.05) is 60.7 Å². The van der Waals surface area contributed by atoms with Gasteiger partial charge >= 0.3 is 110 Å². The maximum absolute atomic E-state index is 17.5. The topological polar surface area (TPSA) is 119 Å². The van der Waals surface area contributed by atoms with Crippen LogP contribution in [-0.4, -0.2) is 52.6 Å². The van der Waals surface area contributed by atoms with Crippen LogP contribution in [0.1, 0.15) is 11.1 Å². The largest absolute Gasteiger partial charge is 1.00 e. The van der Waals surface area contributed by atoms with Gasteiger partial charge in [-0.05, 0) is 82.4 Å². The van der Waals surface area contributed by atoms with Crippen LogP contribution in [0.4, 0.5) is 14.4 Å². The van der Waals surface area contributed by atoms with Gasteiger partial charge in [0.1, 0.15) is 24.7 Å². The van der Waals surface area contributed by atoms with Crippen molar-refractivity contribution in [3.8, 4) is 33.9 Å². The third-order valence-corrected chi connectivity index (χ3v) is 8.04. The smallest absolute Gasteiger partial charge is 0.546 e. The van der Waals surface area contributed by atoms with Gasteiger partial charge < -0.3 is 46.9 Å². The van der Waals surface area contributed by atoms with Crippen LogP contribution in [0, 0.1) is 0 Å². The first-order valence-corrected chi connectivity index (χ1v) is 14.9. The van der Waals surface area contributed by atoms with E-state index in [2.05, 4.69) is 0 Å². The van der Waals surface area contributed by atoms with Gasteiger partial charge in [0.2, 0.25) is 5.82 Å². The van der Waals surface area contributed by atoms with Crippen LogP contribution < -0.4 is 122 Å². The quantitative estimate of drug-likeness (QED) is 0.154. The summed E-state index contributed by atoms with van der Waals surface area (Å²) in [5, 5.41) is 21.7. The molecule has 0 amide bonds. The SMILES string of the molecule is O=C([O-])COc1ccc(C2=[N+]3C(=Nc4c(-c5ccccc5)cc(-c5ccc(OCC(=O)[O-])cc5)n4[B-]3(F)F)C(c3ccccc3)=C2)cc1.[K+].[K+]. The van der Waals surface area contributed by atoms with Crippen molar-refractivity contribution < 1.29 is 145 Å². The zero-order valence-corrected chi connectivity index (χ0v) is 33.3. The number of aromatic nitrogens is 1. The molecule has 4 aromatic carbocycles. The number of nitrogens with zero attached hydrogens (tertiary/aromatic N) is 3. The van der Waals surface area contributed by atoms with E-state index >= 15 is 8.63 Å². The second-order valence-corrected chi connectivity index (χ2v) is 11.1. The molecule has 0 radical (unpaired) electrons. The zero-order chi connectivity index (χ0) is 33.4. The Morgan fingerprint density at radius 2 is 1.20 bits per heavy atom. The first-order chi connectivity index (χ1) is 23.2. The Labute approximate surface area is 370 Å². The summed E-state index contributed by atoms with van der Waals surface area (Å²) < 4.78 is 47.2. The van der Waals surface area contributed by atoms with Gasteiger partial charge in [-0.1, -0.05) is 60.7 Å². The summed E-state index contributed by atoms with van der Waals surface area (Å²) in [4.78, 5) is 26.7. The molecule has 14 heteroatoms. The maximum Gasteiger partial charge on any atom is 1.00 e. The van der Waals surface area contributed by atoms with E-state index in [9.17, 15) is 19.8 Å². The molecule has 7 rings (SSSR count). The molecule has 0 spiro atoms. The molecule has 1 aromatic heterocycles. The summed E-state index contributed by atoms with van der Waals surface area (Å²) in [6.45, 7) is -5.89. The minimum atomic E-state index is -4.59. The van der Waals surface area contributed by atoms with Crippen LogP contribution in [0.2, 0.25) is 0 Å². The molecule has 0 N–H and O–H groups in total. The summed E-state index contributed by atoms with van der Waals surface area (Å²) in [7, 11) is 0. The molecule has 0 atom stereocenters. The number of ether oxygens (including phenoxy) is 2. The summed E-state index contributed by atoms with van der Waals surface area (Å²) in [5.74, 6) is -2.12. The van der Waals surface area contributed by atoms with Crippen molar-refractivity contribution in [2.24, 2.45) is 4.99 Å². The van der Waals surface area contributed by atoms with Crippen molar-refractivity contribution in [2.75, 3.05) is 13.2 Å². The summed E-state index contributed by atoms with van der Waals surface area (Å²) in [6.07, 6.45) is 1.68. The summed E-state index contributed by atoms with van der Waals surface area (Å²) in [5.41, 5.74) is 3.68. The van der Waals surface area contributed by atoms with Crippen molar-refractivity contribution in [3.05, 3.63) is 132 Å². The van der Waals surface area contributed by atoms with Crippen LogP contribution in [-0.2, 0) is 9.59 Å². The van der Waals surface area contributed by atoms with E-state index in [1.54, 1.807) is 36.4 Å². The molecule has 0 saturated heterocycles. The van der Waals surface area contributed by atoms with Crippen molar-refractivity contribution in [3.63, 3.8) is 0 Å². The number of amidine groups is 1. The monoisotopic (exact) mass is 721 g/mol. The fourth-order valence-electron chi connectivity index (χ4n) is 5.94. The van der Waals surface area contributed by atoms with E-state index in [-0.39, 0.29) is 137 Å². The Kier molecular flexibility index (Phi) is 12.3. The predicted molar refractivity (Wildman–Crippen MR) is 172 cm³/mol. The molecule has 3 heterocycles. The van der Waals surface area contributed by atoms with Crippen molar-refractivity contribution >= 4 is 41.8 Å². The number of carbonyl (C=O) groups is 2. The Morgan fingerprint density at radius 3 is 1.72 bits per heavy atom. The predicted octanol–water partition coefficient (Wildman–Crippen LogP) is -2.05. The van der Waals surface area contributed by atoms with Gasteiger partial charge in [-0.3, -0.25) is 0 Å². The minimum absolute atomic E-state index is 0. The Morgan fingerprint density at radius 1 is 0.700 bits per heavy atom. The summed E-state index contributed by atoms with van der Waals surface area (Å²) >= 11 is 0. The van der Waals surface area contributed by atoms with Gasteiger partial charge in [0.05, 0.1) is 23.2 Å². The van der Waals surface area contributed by atoms with Gasteiger partial charge in [0.25, 0.3) is 5.84 Å². The van der Waals surface area contributed by atoms with Crippen molar-refractivity contribution in [2.45, 2.75) is 0 Å². The van der Waals surface area contributed by atoms with Gasteiger partial charge in [-0.2, -0.15) is 0 Å².